The molecule has 2 heterocycles. The summed E-state index contributed by atoms with van der Waals surface area (Å²) in [7, 11) is 0. The molecule has 4 heteroatoms. The van der Waals surface area contributed by atoms with Crippen LogP contribution in [0, 0.1) is 0 Å². The standard InChI is InChI=1S/C9H11N3O/c13-9-2-4-10-5-7(9)8-1-3-11-6-12-8/h1,3,6-7,10H,2,4-5H2. The van der Waals surface area contributed by atoms with Crippen LogP contribution < -0.4 is 5.32 Å². The van der Waals surface area contributed by atoms with Crippen molar-refractivity contribution in [1.29, 1.82) is 0 Å². The van der Waals surface area contributed by atoms with E-state index in [1.807, 2.05) is 0 Å². The molecule has 4 nitrogen and oxygen atoms in total. The number of hydrogen-bond donors (Lipinski definition) is 1. The molecule has 1 fully saturated rings. The van der Waals surface area contributed by atoms with Gasteiger partial charge in [-0.2, -0.15) is 0 Å². The zero-order valence-corrected chi connectivity index (χ0v) is 7.23. The highest BCUT2D eigenvalue weighted by Gasteiger charge is 2.24. The van der Waals surface area contributed by atoms with E-state index < -0.39 is 0 Å². The van der Waals surface area contributed by atoms with Gasteiger partial charge in [-0.25, -0.2) is 9.97 Å². The summed E-state index contributed by atoms with van der Waals surface area (Å²) in [5.74, 6) is 0.203. The maximum Gasteiger partial charge on any atom is 0.144 e. The van der Waals surface area contributed by atoms with Crippen LogP contribution in [-0.2, 0) is 4.79 Å². The molecule has 0 saturated carbocycles. The number of rotatable bonds is 1. The zero-order valence-electron chi connectivity index (χ0n) is 7.23. The van der Waals surface area contributed by atoms with E-state index in [9.17, 15) is 4.79 Å². The van der Waals surface area contributed by atoms with Gasteiger partial charge >= 0.3 is 0 Å². The van der Waals surface area contributed by atoms with Crippen LogP contribution in [0.4, 0.5) is 0 Å². The monoisotopic (exact) mass is 177 g/mol. The lowest BCUT2D eigenvalue weighted by molar-refractivity contribution is -0.121. The first-order valence-electron chi connectivity index (χ1n) is 4.37. The summed E-state index contributed by atoms with van der Waals surface area (Å²) >= 11 is 0. The number of ketones is 1. The Labute approximate surface area is 76.4 Å². The Morgan fingerprint density at radius 2 is 2.46 bits per heavy atom. The van der Waals surface area contributed by atoms with Gasteiger partial charge in [-0.15, -0.1) is 0 Å². The van der Waals surface area contributed by atoms with E-state index in [1.54, 1.807) is 12.3 Å². The van der Waals surface area contributed by atoms with Crippen LogP contribution in [0.5, 0.6) is 0 Å². The highest BCUT2D eigenvalue weighted by atomic mass is 16.1. The minimum absolute atomic E-state index is 0.0725. The predicted molar refractivity (Wildman–Crippen MR) is 47.3 cm³/mol. The number of piperidine rings is 1. The SMILES string of the molecule is O=C1CCNCC1c1ccncn1. The molecule has 1 saturated heterocycles. The average molecular weight is 177 g/mol. The number of nitrogens with zero attached hydrogens (tertiary/aromatic N) is 2. The topological polar surface area (TPSA) is 54.9 Å². The Morgan fingerprint density at radius 3 is 3.15 bits per heavy atom. The van der Waals surface area contributed by atoms with E-state index in [4.69, 9.17) is 0 Å². The summed E-state index contributed by atoms with van der Waals surface area (Å²) in [5.41, 5.74) is 0.826. The van der Waals surface area contributed by atoms with Crippen molar-refractivity contribution < 1.29 is 4.79 Å². The van der Waals surface area contributed by atoms with Crippen LogP contribution in [0.2, 0.25) is 0 Å². The van der Waals surface area contributed by atoms with Crippen LogP contribution in [0.3, 0.4) is 0 Å². The molecule has 0 bridgehead atoms. The van der Waals surface area contributed by atoms with Gasteiger partial charge in [0.2, 0.25) is 0 Å². The Balaban J connectivity index is 2.20. The van der Waals surface area contributed by atoms with Crippen molar-refractivity contribution in [2.24, 2.45) is 0 Å². The third kappa shape index (κ3) is 1.72. The molecule has 0 radical (unpaired) electrons. The van der Waals surface area contributed by atoms with Gasteiger partial charge in [0.05, 0.1) is 11.6 Å². The molecule has 1 aliphatic heterocycles. The number of nitrogens with one attached hydrogen (secondary N) is 1. The first-order valence-corrected chi connectivity index (χ1v) is 4.37. The van der Waals surface area contributed by atoms with Crippen molar-refractivity contribution in [3.8, 4) is 0 Å². The average Bonchev–Trinajstić information content (AvgIpc) is 2.20. The Bertz CT molecular complexity index is 299. The van der Waals surface area contributed by atoms with Crippen LogP contribution in [-0.4, -0.2) is 28.8 Å². The van der Waals surface area contributed by atoms with Crippen LogP contribution >= 0.6 is 0 Å². The van der Waals surface area contributed by atoms with E-state index in [1.165, 1.54) is 6.33 Å². The fourth-order valence-corrected chi connectivity index (χ4v) is 1.52. The summed E-state index contributed by atoms with van der Waals surface area (Å²) < 4.78 is 0. The van der Waals surface area contributed by atoms with Gasteiger partial charge in [-0.3, -0.25) is 4.79 Å². The van der Waals surface area contributed by atoms with Crippen molar-refractivity contribution in [2.45, 2.75) is 12.3 Å². The van der Waals surface area contributed by atoms with Gasteiger partial charge < -0.3 is 5.32 Å². The highest BCUT2D eigenvalue weighted by molar-refractivity contribution is 5.86. The van der Waals surface area contributed by atoms with Crippen molar-refractivity contribution in [1.82, 2.24) is 15.3 Å². The van der Waals surface area contributed by atoms with Gasteiger partial charge in [0.15, 0.2) is 0 Å². The van der Waals surface area contributed by atoms with Gasteiger partial charge in [0.1, 0.15) is 12.1 Å². The van der Waals surface area contributed by atoms with E-state index in [0.29, 0.717) is 13.0 Å². The molecule has 1 aromatic rings. The molecule has 1 unspecified atom stereocenters. The molecule has 0 aromatic carbocycles. The minimum atomic E-state index is -0.0725. The van der Waals surface area contributed by atoms with E-state index in [2.05, 4.69) is 15.3 Å². The second-order valence-electron chi connectivity index (χ2n) is 3.11. The molecule has 13 heavy (non-hydrogen) atoms. The second kappa shape index (κ2) is 3.62. The number of Topliss-reactive ketones (excluding diaryl/α,β-unsaturated/α-hetero) is 1. The number of aromatic nitrogens is 2. The largest absolute Gasteiger partial charge is 0.315 e. The molecule has 1 atom stereocenters. The molecule has 0 amide bonds. The predicted octanol–water partition coefficient (Wildman–Crippen LogP) is 0.123. The number of carbonyl (C=O) groups is 1. The van der Waals surface area contributed by atoms with Gasteiger partial charge in [0.25, 0.3) is 0 Å². The molecule has 1 aromatic heterocycles. The quantitative estimate of drug-likeness (QED) is 0.662. The smallest absolute Gasteiger partial charge is 0.144 e. The third-order valence-electron chi connectivity index (χ3n) is 2.25. The van der Waals surface area contributed by atoms with Crippen LogP contribution in [0.15, 0.2) is 18.6 Å². The Morgan fingerprint density at radius 1 is 1.54 bits per heavy atom. The second-order valence-corrected chi connectivity index (χ2v) is 3.11. The third-order valence-corrected chi connectivity index (χ3v) is 2.25. The summed E-state index contributed by atoms with van der Waals surface area (Å²) in [6, 6.07) is 1.80. The first-order chi connectivity index (χ1) is 6.38. The van der Waals surface area contributed by atoms with Crippen molar-refractivity contribution in [3.63, 3.8) is 0 Å². The van der Waals surface area contributed by atoms with Crippen molar-refractivity contribution in [2.75, 3.05) is 13.1 Å². The Hall–Kier alpha value is -1.29. The molecule has 68 valence electrons. The minimum Gasteiger partial charge on any atom is -0.315 e. The molecule has 0 spiro atoms. The molecule has 1 N–H and O–H groups in total. The molecular formula is C9H11N3O. The summed E-state index contributed by atoms with van der Waals surface area (Å²) in [5, 5.41) is 3.18. The summed E-state index contributed by atoms with van der Waals surface area (Å²) in [6.07, 6.45) is 3.76. The number of carbonyl (C=O) groups excluding carboxylic acids is 1. The Kier molecular flexibility index (Phi) is 2.31. The lowest BCUT2D eigenvalue weighted by Gasteiger charge is -2.20. The fraction of sp³-hybridized carbons (Fsp3) is 0.444. The number of hydrogen-bond acceptors (Lipinski definition) is 4. The fourth-order valence-electron chi connectivity index (χ4n) is 1.52. The lowest BCUT2D eigenvalue weighted by atomic mass is 9.94. The van der Waals surface area contributed by atoms with Gasteiger partial charge in [-0.1, -0.05) is 0 Å². The van der Waals surface area contributed by atoms with Crippen LogP contribution in [0.1, 0.15) is 18.0 Å². The van der Waals surface area contributed by atoms with Gasteiger partial charge in [-0.05, 0) is 6.07 Å². The molecular weight excluding hydrogens is 166 g/mol. The highest BCUT2D eigenvalue weighted by Crippen LogP contribution is 2.16. The van der Waals surface area contributed by atoms with E-state index in [-0.39, 0.29) is 11.7 Å². The van der Waals surface area contributed by atoms with Crippen LogP contribution in [0.25, 0.3) is 0 Å². The van der Waals surface area contributed by atoms with Crippen molar-refractivity contribution >= 4 is 5.78 Å². The summed E-state index contributed by atoms with van der Waals surface area (Å²) in [6.45, 7) is 1.50. The maximum atomic E-state index is 11.5. The normalized spacial score (nSPS) is 23.1. The maximum absolute atomic E-state index is 11.5. The first kappa shape index (κ1) is 8.31. The molecule has 1 aliphatic rings. The molecule has 0 aliphatic carbocycles. The van der Waals surface area contributed by atoms with Gasteiger partial charge in [0, 0.05) is 25.7 Å². The van der Waals surface area contributed by atoms with E-state index >= 15 is 0 Å². The summed E-state index contributed by atoms with van der Waals surface area (Å²) in [4.78, 5) is 19.4. The molecule has 2 rings (SSSR count). The zero-order chi connectivity index (χ0) is 9.10. The lowest BCUT2D eigenvalue weighted by Crippen LogP contribution is -2.35. The van der Waals surface area contributed by atoms with E-state index in [0.717, 1.165) is 12.2 Å². The van der Waals surface area contributed by atoms with Crippen molar-refractivity contribution in [3.05, 3.63) is 24.3 Å².